The molecule has 0 amide bonds. The molecule has 6 heteroatoms. The number of nitrogens with zero attached hydrogens (tertiary/aromatic N) is 1. The van der Waals surface area contributed by atoms with Gasteiger partial charge in [-0.05, 0) is 102 Å². The zero-order valence-corrected chi connectivity index (χ0v) is 21.0. The van der Waals surface area contributed by atoms with E-state index in [4.69, 9.17) is 22.1 Å². The number of benzene rings is 3. The topological polar surface area (TPSA) is 38.5 Å². The minimum Gasteiger partial charge on any atom is -0.489 e. The first-order valence-corrected chi connectivity index (χ1v) is 13.0. The number of ether oxygens (including phenoxy) is 1. The minimum atomic E-state index is -0.343. The molecule has 0 spiro atoms. The maximum atomic E-state index is 13.8. The van der Waals surface area contributed by atoms with Gasteiger partial charge in [-0.3, -0.25) is 9.29 Å². The van der Waals surface area contributed by atoms with E-state index in [1.807, 2.05) is 18.2 Å². The van der Waals surface area contributed by atoms with Gasteiger partial charge in [-0.1, -0.05) is 35.9 Å². The summed E-state index contributed by atoms with van der Waals surface area (Å²) in [6, 6.07) is 18.9. The van der Waals surface area contributed by atoms with Gasteiger partial charge in [0.05, 0.1) is 11.7 Å². The molecule has 1 heterocycles. The van der Waals surface area contributed by atoms with Gasteiger partial charge in [0.1, 0.15) is 17.7 Å². The van der Waals surface area contributed by atoms with Crippen molar-refractivity contribution >= 4 is 28.4 Å². The van der Waals surface area contributed by atoms with E-state index in [0.29, 0.717) is 11.4 Å². The molecule has 0 bridgehead atoms. The molecule has 3 aromatic carbocycles. The number of anilines is 1. The fraction of sp³-hybridized carbons (Fsp3) is 0.333. The molecule has 1 atom stereocenters. The number of nitrogen functional groups attached to an aromatic ring is 1. The first kappa shape index (κ1) is 24.8. The summed E-state index contributed by atoms with van der Waals surface area (Å²) in [6.07, 6.45) is 4.32. The Kier molecular flexibility index (Phi) is 7.59. The molecule has 1 aliphatic heterocycles. The Bertz CT molecular complexity index is 1260. The summed E-state index contributed by atoms with van der Waals surface area (Å²) < 4.78 is 32.6. The summed E-state index contributed by atoms with van der Waals surface area (Å²) in [5.74, 6) is 0.480. The number of hydrogen-bond donors (Lipinski definition) is 1. The van der Waals surface area contributed by atoms with Gasteiger partial charge in [0.2, 0.25) is 0 Å². The molecule has 188 valence electrons. The highest BCUT2D eigenvalue weighted by Crippen LogP contribution is 2.42. The molecular weight excluding hydrogens is 478 g/mol. The Morgan fingerprint density at radius 1 is 1.00 bits per heavy atom. The van der Waals surface area contributed by atoms with Crippen LogP contribution in [0.5, 0.6) is 5.75 Å². The van der Waals surface area contributed by atoms with Gasteiger partial charge in [0.25, 0.3) is 0 Å². The molecule has 36 heavy (non-hydrogen) atoms. The highest BCUT2D eigenvalue weighted by Gasteiger charge is 2.24. The van der Waals surface area contributed by atoms with E-state index in [1.165, 1.54) is 17.7 Å². The number of allylic oxidation sites excluding steroid dienone is 1. The largest absolute Gasteiger partial charge is 0.489 e. The zero-order valence-electron chi connectivity index (χ0n) is 20.3. The van der Waals surface area contributed by atoms with Crippen LogP contribution in [0, 0.1) is 5.82 Å². The van der Waals surface area contributed by atoms with E-state index < -0.39 is 0 Å². The fourth-order valence-electron chi connectivity index (χ4n) is 5.41. The number of alkyl halides is 1. The maximum Gasteiger partial charge on any atom is 0.124 e. The summed E-state index contributed by atoms with van der Waals surface area (Å²) in [6.45, 7) is 2.27. The summed E-state index contributed by atoms with van der Waals surface area (Å²) in [7, 11) is 0. The zero-order chi connectivity index (χ0) is 25.1. The summed E-state index contributed by atoms with van der Waals surface area (Å²) in [5, 5.41) is 0.417. The van der Waals surface area contributed by atoms with Crippen molar-refractivity contribution in [3.05, 3.63) is 93.8 Å². The lowest BCUT2D eigenvalue weighted by molar-refractivity contribution is 0.198. The van der Waals surface area contributed by atoms with E-state index in [-0.39, 0.29) is 18.6 Å². The molecule has 0 unspecified atom stereocenters. The Morgan fingerprint density at radius 2 is 1.81 bits per heavy atom. The van der Waals surface area contributed by atoms with Crippen LogP contribution in [-0.2, 0) is 6.42 Å². The summed E-state index contributed by atoms with van der Waals surface area (Å²) in [5.41, 5.74) is 13.3. The molecule has 1 fully saturated rings. The molecule has 0 aromatic heterocycles. The SMILES string of the molecule is Nc1ccc2c(c1)CCCC(c1ccc(F)cc1Cl)=C2c1ccc(O[C@H]2CCN(CCCF)C2)cc1. The average molecular weight is 509 g/mol. The first-order valence-electron chi connectivity index (χ1n) is 12.6. The Hall–Kier alpha value is -2.89. The number of likely N-dealkylation sites (tertiary alicyclic amines) is 1. The second kappa shape index (κ2) is 11.0. The molecule has 2 aliphatic rings. The van der Waals surface area contributed by atoms with E-state index in [0.717, 1.165) is 84.6 Å². The van der Waals surface area contributed by atoms with E-state index in [2.05, 4.69) is 29.2 Å². The van der Waals surface area contributed by atoms with Crippen LogP contribution in [0.1, 0.15) is 47.9 Å². The molecule has 3 aromatic rings. The third-order valence-corrected chi connectivity index (χ3v) is 7.43. The molecular formula is C30H31ClF2N2O. The second-order valence-corrected chi connectivity index (χ2v) is 10.1. The number of fused-ring (bicyclic) bond motifs is 1. The predicted molar refractivity (Wildman–Crippen MR) is 144 cm³/mol. The molecule has 0 radical (unpaired) electrons. The molecule has 2 N–H and O–H groups in total. The highest BCUT2D eigenvalue weighted by molar-refractivity contribution is 6.32. The monoisotopic (exact) mass is 508 g/mol. The lowest BCUT2D eigenvalue weighted by atomic mass is 9.87. The Labute approximate surface area is 216 Å². The van der Waals surface area contributed by atoms with Crippen molar-refractivity contribution in [2.75, 3.05) is 32.0 Å². The summed E-state index contributed by atoms with van der Waals surface area (Å²) in [4.78, 5) is 2.26. The van der Waals surface area contributed by atoms with Crippen LogP contribution in [0.4, 0.5) is 14.5 Å². The third kappa shape index (κ3) is 5.42. The number of halogens is 3. The van der Waals surface area contributed by atoms with Crippen LogP contribution in [0.3, 0.4) is 0 Å². The number of rotatable bonds is 7. The number of nitrogens with two attached hydrogens (primary N) is 1. The van der Waals surface area contributed by atoms with Crippen molar-refractivity contribution in [1.29, 1.82) is 0 Å². The van der Waals surface area contributed by atoms with Crippen molar-refractivity contribution < 1.29 is 13.5 Å². The second-order valence-electron chi connectivity index (χ2n) is 9.64. The quantitative estimate of drug-likeness (QED) is 0.344. The van der Waals surface area contributed by atoms with Crippen LogP contribution in [0.15, 0.2) is 60.7 Å². The fourth-order valence-corrected chi connectivity index (χ4v) is 5.69. The van der Waals surface area contributed by atoms with Crippen LogP contribution in [0.25, 0.3) is 11.1 Å². The van der Waals surface area contributed by atoms with Gasteiger partial charge in [-0.2, -0.15) is 0 Å². The third-order valence-electron chi connectivity index (χ3n) is 7.11. The van der Waals surface area contributed by atoms with E-state index in [1.54, 1.807) is 6.07 Å². The van der Waals surface area contributed by atoms with Gasteiger partial charge < -0.3 is 10.5 Å². The van der Waals surface area contributed by atoms with E-state index in [9.17, 15) is 8.78 Å². The highest BCUT2D eigenvalue weighted by atomic mass is 35.5. The van der Waals surface area contributed by atoms with Crippen LogP contribution in [0.2, 0.25) is 5.02 Å². The molecule has 0 saturated carbocycles. The van der Waals surface area contributed by atoms with Gasteiger partial charge >= 0.3 is 0 Å². The van der Waals surface area contributed by atoms with Gasteiger partial charge in [-0.25, -0.2) is 4.39 Å². The van der Waals surface area contributed by atoms with E-state index >= 15 is 0 Å². The number of hydrogen-bond acceptors (Lipinski definition) is 3. The van der Waals surface area contributed by atoms with Crippen LogP contribution < -0.4 is 10.5 Å². The maximum absolute atomic E-state index is 13.8. The average Bonchev–Trinajstić information content (AvgIpc) is 3.22. The van der Waals surface area contributed by atoms with Crippen molar-refractivity contribution in [3.8, 4) is 5.75 Å². The van der Waals surface area contributed by atoms with Gasteiger partial charge in [0, 0.05) is 25.3 Å². The number of aryl methyl sites for hydroxylation is 1. The minimum absolute atomic E-state index is 0.116. The predicted octanol–water partition coefficient (Wildman–Crippen LogP) is 7.17. The standard InChI is InChI=1S/C30H31ClF2N2O/c31-29-18-22(33)7-11-27(29)28-4-1-3-21-17-23(34)8-12-26(21)30(28)20-5-9-24(10-6-20)36-25-13-16-35(19-25)15-2-14-32/h5-12,17-18,25H,1-4,13-16,19,34H2/t25-/m0/s1. The lowest BCUT2D eigenvalue weighted by Gasteiger charge is -2.19. The normalized spacial score (nSPS) is 18.2. The molecule has 5 rings (SSSR count). The molecule has 3 nitrogen and oxygen atoms in total. The molecule has 1 aliphatic carbocycles. The van der Waals surface area contributed by atoms with Crippen molar-refractivity contribution in [3.63, 3.8) is 0 Å². The smallest absolute Gasteiger partial charge is 0.124 e. The van der Waals surface area contributed by atoms with Crippen molar-refractivity contribution in [2.24, 2.45) is 0 Å². The first-order chi connectivity index (χ1) is 17.5. The van der Waals surface area contributed by atoms with Crippen molar-refractivity contribution in [2.45, 2.75) is 38.2 Å². The Balaban J connectivity index is 1.49. The van der Waals surface area contributed by atoms with Crippen LogP contribution >= 0.6 is 11.6 Å². The van der Waals surface area contributed by atoms with Crippen molar-refractivity contribution in [1.82, 2.24) is 4.90 Å². The molecule has 1 saturated heterocycles. The summed E-state index contributed by atoms with van der Waals surface area (Å²) >= 11 is 6.55. The Morgan fingerprint density at radius 3 is 2.58 bits per heavy atom. The lowest BCUT2D eigenvalue weighted by Crippen LogP contribution is -2.26. The van der Waals surface area contributed by atoms with Crippen LogP contribution in [-0.4, -0.2) is 37.3 Å². The van der Waals surface area contributed by atoms with Gasteiger partial charge in [0.15, 0.2) is 0 Å². The van der Waals surface area contributed by atoms with Gasteiger partial charge in [-0.15, -0.1) is 0 Å².